The van der Waals surface area contributed by atoms with Crippen molar-refractivity contribution in [2.45, 2.75) is 19.3 Å². The van der Waals surface area contributed by atoms with E-state index < -0.39 is 0 Å². The molecule has 1 nitrogen and oxygen atoms in total. The summed E-state index contributed by atoms with van der Waals surface area (Å²) in [5.41, 5.74) is 1.35. The SMILES string of the molecule is OCCCCc1ccc2ccc3cc4ccccc4cc3c2c1. The molecule has 4 aromatic carbocycles. The van der Waals surface area contributed by atoms with Crippen molar-refractivity contribution < 1.29 is 5.11 Å². The molecule has 0 aliphatic heterocycles. The Hall–Kier alpha value is -2.38. The van der Waals surface area contributed by atoms with E-state index in [9.17, 15) is 0 Å². The van der Waals surface area contributed by atoms with Crippen molar-refractivity contribution in [1.29, 1.82) is 0 Å². The Labute approximate surface area is 136 Å². The van der Waals surface area contributed by atoms with Gasteiger partial charge in [0.25, 0.3) is 0 Å². The van der Waals surface area contributed by atoms with Crippen LogP contribution in [0.4, 0.5) is 0 Å². The zero-order chi connectivity index (χ0) is 15.6. The van der Waals surface area contributed by atoms with Gasteiger partial charge < -0.3 is 5.11 Å². The lowest BCUT2D eigenvalue weighted by Crippen LogP contribution is -1.89. The second-order valence-electron chi connectivity index (χ2n) is 6.22. The average molecular weight is 300 g/mol. The maximum atomic E-state index is 8.96. The molecular weight excluding hydrogens is 280 g/mol. The van der Waals surface area contributed by atoms with Crippen LogP contribution in [0, 0.1) is 0 Å². The molecule has 0 amide bonds. The highest BCUT2D eigenvalue weighted by atomic mass is 16.2. The summed E-state index contributed by atoms with van der Waals surface area (Å²) in [6.07, 6.45) is 2.94. The number of aryl methyl sites for hydroxylation is 1. The van der Waals surface area contributed by atoms with Crippen molar-refractivity contribution >= 4 is 32.3 Å². The summed E-state index contributed by atoms with van der Waals surface area (Å²) < 4.78 is 0. The predicted molar refractivity (Wildman–Crippen MR) is 99.0 cm³/mol. The van der Waals surface area contributed by atoms with Gasteiger partial charge in [0.05, 0.1) is 0 Å². The van der Waals surface area contributed by atoms with Crippen molar-refractivity contribution in [3.05, 3.63) is 72.3 Å². The van der Waals surface area contributed by atoms with Gasteiger partial charge in [-0.1, -0.05) is 54.6 Å². The van der Waals surface area contributed by atoms with Crippen LogP contribution in [-0.4, -0.2) is 11.7 Å². The summed E-state index contributed by atoms with van der Waals surface area (Å²) in [6.45, 7) is 0.280. The average Bonchev–Trinajstić information content (AvgIpc) is 2.60. The second-order valence-corrected chi connectivity index (χ2v) is 6.22. The summed E-state index contributed by atoms with van der Waals surface area (Å²) >= 11 is 0. The Morgan fingerprint density at radius 1 is 0.609 bits per heavy atom. The van der Waals surface area contributed by atoms with Crippen LogP contribution in [0.15, 0.2) is 66.7 Å². The first-order valence-electron chi connectivity index (χ1n) is 8.30. The first-order valence-corrected chi connectivity index (χ1v) is 8.30. The number of hydrogen-bond donors (Lipinski definition) is 1. The number of rotatable bonds is 4. The van der Waals surface area contributed by atoms with E-state index in [2.05, 4.69) is 66.7 Å². The number of aliphatic hydroxyl groups is 1. The second kappa shape index (κ2) is 6.02. The zero-order valence-corrected chi connectivity index (χ0v) is 13.1. The molecule has 0 aromatic heterocycles. The molecule has 1 heteroatoms. The monoisotopic (exact) mass is 300 g/mol. The minimum atomic E-state index is 0.280. The van der Waals surface area contributed by atoms with Gasteiger partial charge in [-0.25, -0.2) is 0 Å². The van der Waals surface area contributed by atoms with Crippen LogP contribution < -0.4 is 0 Å². The smallest absolute Gasteiger partial charge is 0.0431 e. The summed E-state index contributed by atoms with van der Waals surface area (Å²) in [5.74, 6) is 0. The highest BCUT2D eigenvalue weighted by Crippen LogP contribution is 2.30. The first kappa shape index (κ1) is 14.2. The van der Waals surface area contributed by atoms with Gasteiger partial charge in [-0.2, -0.15) is 0 Å². The quantitative estimate of drug-likeness (QED) is 0.301. The normalized spacial score (nSPS) is 11.5. The topological polar surface area (TPSA) is 20.2 Å². The lowest BCUT2D eigenvalue weighted by Gasteiger charge is -2.09. The maximum Gasteiger partial charge on any atom is 0.0431 e. The third-order valence-electron chi connectivity index (χ3n) is 4.64. The van der Waals surface area contributed by atoms with E-state index >= 15 is 0 Å². The Morgan fingerprint density at radius 3 is 2.13 bits per heavy atom. The number of fused-ring (bicyclic) bond motifs is 4. The van der Waals surface area contributed by atoms with Gasteiger partial charge in [0.2, 0.25) is 0 Å². The summed E-state index contributed by atoms with van der Waals surface area (Å²) in [4.78, 5) is 0. The lowest BCUT2D eigenvalue weighted by molar-refractivity contribution is 0.284. The number of aliphatic hydroxyl groups excluding tert-OH is 1. The highest BCUT2D eigenvalue weighted by molar-refractivity contribution is 6.12. The molecule has 0 radical (unpaired) electrons. The van der Waals surface area contributed by atoms with Crippen LogP contribution in [0.25, 0.3) is 32.3 Å². The van der Waals surface area contributed by atoms with Gasteiger partial charge in [0.15, 0.2) is 0 Å². The first-order chi connectivity index (χ1) is 11.3. The number of unbranched alkanes of at least 4 members (excludes halogenated alkanes) is 1. The van der Waals surface area contributed by atoms with Crippen LogP contribution in [0.1, 0.15) is 18.4 Å². The predicted octanol–water partition coefficient (Wildman–Crippen LogP) is 5.46. The highest BCUT2D eigenvalue weighted by Gasteiger charge is 2.04. The van der Waals surface area contributed by atoms with E-state index in [1.807, 2.05) is 0 Å². The van der Waals surface area contributed by atoms with E-state index in [0.29, 0.717) is 0 Å². The Kier molecular flexibility index (Phi) is 3.72. The molecule has 4 rings (SSSR count). The van der Waals surface area contributed by atoms with Gasteiger partial charge in [0, 0.05) is 6.61 Å². The number of hydrogen-bond acceptors (Lipinski definition) is 1. The summed E-state index contributed by atoms with van der Waals surface area (Å²) in [5, 5.41) is 16.8. The van der Waals surface area contributed by atoms with Crippen molar-refractivity contribution in [3.8, 4) is 0 Å². The Morgan fingerprint density at radius 2 is 1.30 bits per heavy atom. The summed E-state index contributed by atoms with van der Waals surface area (Å²) in [6, 6.07) is 24.3. The molecular formula is C22H20O. The molecule has 0 unspecified atom stereocenters. The fourth-order valence-electron chi connectivity index (χ4n) is 3.39. The molecule has 0 spiro atoms. The molecule has 0 aliphatic rings. The van der Waals surface area contributed by atoms with E-state index in [0.717, 1.165) is 19.3 Å². The standard InChI is InChI=1S/C22H20O/c23-12-4-3-5-16-8-9-17-10-11-20-14-18-6-1-2-7-19(18)15-22(20)21(17)13-16/h1-2,6-11,13-15,23H,3-5,12H2. The van der Waals surface area contributed by atoms with Crippen LogP contribution in [-0.2, 0) is 6.42 Å². The molecule has 1 N–H and O–H groups in total. The van der Waals surface area contributed by atoms with Gasteiger partial charge in [0.1, 0.15) is 0 Å². The fraction of sp³-hybridized carbons (Fsp3) is 0.182. The molecule has 0 heterocycles. The molecule has 0 saturated carbocycles. The van der Waals surface area contributed by atoms with Crippen LogP contribution in [0.5, 0.6) is 0 Å². The lowest BCUT2D eigenvalue weighted by atomic mass is 9.96. The van der Waals surface area contributed by atoms with Crippen molar-refractivity contribution in [2.24, 2.45) is 0 Å². The van der Waals surface area contributed by atoms with Crippen LogP contribution in [0.2, 0.25) is 0 Å². The van der Waals surface area contributed by atoms with E-state index in [1.165, 1.54) is 37.9 Å². The molecule has 0 bridgehead atoms. The largest absolute Gasteiger partial charge is 0.396 e. The van der Waals surface area contributed by atoms with E-state index in [1.54, 1.807) is 0 Å². The van der Waals surface area contributed by atoms with Crippen molar-refractivity contribution in [2.75, 3.05) is 6.61 Å². The maximum absolute atomic E-state index is 8.96. The van der Waals surface area contributed by atoms with E-state index in [4.69, 9.17) is 5.11 Å². The third-order valence-corrected chi connectivity index (χ3v) is 4.64. The van der Waals surface area contributed by atoms with Gasteiger partial charge in [-0.3, -0.25) is 0 Å². The molecule has 0 saturated heterocycles. The minimum absolute atomic E-state index is 0.280. The molecule has 23 heavy (non-hydrogen) atoms. The molecule has 0 aliphatic carbocycles. The van der Waals surface area contributed by atoms with Gasteiger partial charge >= 0.3 is 0 Å². The summed E-state index contributed by atoms with van der Waals surface area (Å²) in [7, 11) is 0. The molecule has 114 valence electrons. The third kappa shape index (κ3) is 2.69. The van der Waals surface area contributed by atoms with Crippen LogP contribution in [0.3, 0.4) is 0 Å². The van der Waals surface area contributed by atoms with Crippen LogP contribution >= 0.6 is 0 Å². The Balaban J connectivity index is 1.90. The minimum Gasteiger partial charge on any atom is -0.396 e. The van der Waals surface area contributed by atoms with E-state index in [-0.39, 0.29) is 6.61 Å². The van der Waals surface area contributed by atoms with Gasteiger partial charge in [-0.05, 0) is 69.3 Å². The number of benzene rings is 4. The molecule has 4 aromatic rings. The van der Waals surface area contributed by atoms with Crippen molar-refractivity contribution in [3.63, 3.8) is 0 Å². The van der Waals surface area contributed by atoms with Gasteiger partial charge in [-0.15, -0.1) is 0 Å². The molecule has 0 fully saturated rings. The zero-order valence-electron chi connectivity index (χ0n) is 13.1. The fourth-order valence-corrected chi connectivity index (χ4v) is 3.39. The molecule has 0 atom stereocenters. The Bertz CT molecular complexity index is 985. The van der Waals surface area contributed by atoms with Crippen molar-refractivity contribution in [1.82, 2.24) is 0 Å².